The highest BCUT2D eigenvalue weighted by molar-refractivity contribution is 5.96. The third-order valence-corrected chi connectivity index (χ3v) is 7.49. The molecule has 2 aromatic heterocycles. The number of carbonyl (C=O) groups is 2. The van der Waals surface area contributed by atoms with Crippen molar-refractivity contribution in [3.8, 4) is 11.4 Å². The van der Waals surface area contributed by atoms with E-state index in [9.17, 15) is 9.59 Å². The van der Waals surface area contributed by atoms with Gasteiger partial charge in [0.05, 0.1) is 18.0 Å². The maximum absolute atomic E-state index is 12.7. The molecule has 2 saturated heterocycles. The second-order valence-electron chi connectivity index (χ2n) is 9.98. The van der Waals surface area contributed by atoms with E-state index < -0.39 is 0 Å². The topological polar surface area (TPSA) is 110 Å². The van der Waals surface area contributed by atoms with E-state index in [2.05, 4.69) is 27.4 Å². The maximum atomic E-state index is 12.7. The first-order valence-corrected chi connectivity index (χ1v) is 12.8. The van der Waals surface area contributed by atoms with Crippen LogP contribution in [0.4, 0.5) is 5.69 Å². The van der Waals surface area contributed by atoms with Gasteiger partial charge >= 0.3 is 0 Å². The highest BCUT2D eigenvalue weighted by atomic mass is 16.5. The van der Waals surface area contributed by atoms with Crippen LogP contribution in [0.2, 0.25) is 0 Å². The molecule has 4 aromatic rings. The molecule has 0 bridgehead atoms. The van der Waals surface area contributed by atoms with E-state index in [4.69, 9.17) is 4.52 Å². The quantitative estimate of drug-likeness (QED) is 0.398. The largest absolute Gasteiger partial charge is 0.343 e. The van der Waals surface area contributed by atoms with E-state index >= 15 is 0 Å². The molecule has 0 unspecified atom stereocenters. The van der Waals surface area contributed by atoms with Crippen LogP contribution in [0, 0.1) is 13.8 Å². The number of aryl methyl sites for hydroxylation is 3. The highest BCUT2D eigenvalue weighted by Crippen LogP contribution is 2.33. The smallest absolute Gasteiger partial charge is 0.232 e. The summed E-state index contributed by atoms with van der Waals surface area (Å²) in [4.78, 5) is 33.5. The second kappa shape index (κ2) is 9.42. The van der Waals surface area contributed by atoms with Crippen LogP contribution >= 0.6 is 0 Å². The summed E-state index contributed by atoms with van der Waals surface area (Å²) in [7, 11) is 0. The lowest BCUT2D eigenvalue weighted by atomic mass is 10.1. The van der Waals surface area contributed by atoms with E-state index in [1.807, 2.05) is 48.2 Å². The van der Waals surface area contributed by atoms with Crippen LogP contribution in [0.3, 0.4) is 0 Å². The summed E-state index contributed by atoms with van der Waals surface area (Å²) < 4.78 is 7.35. The minimum absolute atomic E-state index is 0.0502. The van der Waals surface area contributed by atoms with Gasteiger partial charge in [-0.2, -0.15) is 4.98 Å². The third-order valence-electron chi connectivity index (χ3n) is 7.49. The van der Waals surface area contributed by atoms with Crippen LogP contribution in [-0.4, -0.2) is 61.5 Å². The van der Waals surface area contributed by atoms with Gasteiger partial charge in [0.25, 0.3) is 0 Å². The van der Waals surface area contributed by atoms with Crippen LogP contribution in [-0.2, 0) is 16.1 Å². The molecule has 6 rings (SSSR count). The van der Waals surface area contributed by atoms with Crippen molar-refractivity contribution >= 4 is 28.5 Å². The average Bonchev–Trinajstić information content (AvgIpc) is 3.70. The molecule has 4 heterocycles. The Morgan fingerprint density at radius 3 is 2.73 bits per heavy atom. The molecule has 2 aliphatic rings. The minimum Gasteiger partial charge on any atom is -0.343 e. The number of fused-ring (bicyclic) bond motifs is 1. The second-order valence-corrected chi connectivity index (χ2v) is 9.98. The van der Waals surface area contributed by atoms with Crippen molar-refractivity contribution in [3.05, 3.63) is 53.4 Å². The standard InChI is InChI=1S/C27H29N7O3/c1-17-5-7-21(13-18(17)2)33-16-20(15-25(33)36)27-28-26(30-37-27)19-6-8-23-22(14-19)29-31-34(23)12-9-24(35)32-10-3-4-11-32/h5-8,13-14,20H,3-4,9-12,15-16H2,1-2H3/t20-/m0/s1. The van der Waals surface area contributed by atoms with E-state index in [1.165, 1.54) is 5.56 Å². The SMILES string of the molecule is Cc1ccc(N2C[C@@H](c3nc(-c4ccc5c(c4)nnn5CCC(=O)N4CCCC4)no3)CC2=O)cc1C. The predicted octanol–water partition coefficient (Wildman–Crippen LogP) is 3.63. The zero-order chi connectivity index (χ0) is 25.5. The molecule has 0 radical (unpaired) electrons. The number of likely N-dealkylation sites (tertiary alicyclic amines) is 1. The van der Waals surface area contributed by atoms with Crippen molar-refractivity contribution < 1.29 is 14.1 Å². The Kier molecular flexibility index (Phi) is 5.94. The number of hydrogen-bond donors (Lipinski definition) is 0. The Morgan fingerprint density at radius 1 is 1.08 bits per heavy atom. The molecule has 2 aromatic carbocycles. The van der Waals surface area contributed by atoms with Crippen LogP contribution < -0.4 is 4.90 Å². The number of nitrogens with zero attached hydrogens (tertiary/aromatic N) is 7. The van der Waals surface area contributed by atoms with Gasteiger partial charge < -0.3 is 14.3 Å². The molecule has 0 aliphatic carbocycles. The molecular formula is C27H29N7O3. The highest BCUT2D eigenvalue weighted by Gasteiger charge is 2.35. The number of benzene rings is 2. The van der Waals surface area contributed by atoms with Gasteiger partial charge in [-0.25, -0.2) is 4.68 Å². The summed E-state index contributed by atoms with van der Waals surface area (Å²) in [6, 6.07) is 11.7. The lowest BCUT2D eigenvalue weighted by Gasteiger charge is -2.17. The van der Waals surface area contributed by atoms with Crippen LogP contribution in [0.15, 0.2) is 40.9 Å². The molecule has 2 amide bonds. The summed E-state index contributed by atoms with van der Waals surface area (Å²) >= 11 is 0. The molecule has 10 nitrogen and oxygen atoms in total. The lowest BCUT2D eigenvalue weighted by molar-refractivity contribution is -0.130. The van der Waals surface area contributed by atoms with Gasteiger partial charge in [0, 0.05) is 43.7 Å². The number of hydrogen-bond acceptors (Lipinski definition) is 7. The summed E-state index contributed by atoms with van der Waals surface area (Å²) in [5, 5.41) is 12.7. The van der Waals surface area contributed by atoms with Crippen molar-refractivity contribution in [1.82, 2.24) is 30.0 Å². The van der Waals surface area contributed by atoms with Gasteiger partial charge in [-0.15, -0.1) is 5.10 Å². The Labute approximate surface area is 214 Å². The number of carbonyl (C=O) groups excluding carboxylic acids is 2. The zero-order valence-electron chi connectivity index (χ0n) is 21.1. The van der Waals surface area contributed by atoms with Gasteiger partial charge in [-0.05, 0) is 68.1 Å². The van der Waals surface area contributed by atoms with Crippen LogP contribution in [0.1, 0.15) is 48.6 Å². The fourth-order valence-electron chi connectivity index (χ4n) is 5.14. The van der Waals surface area contributed by atoms with E-state index in [-0.39, 0.29) is 17.7 Å². The predicted molar refractivity (Wildman–Crippen MR) is 137 cm³/mol. The molecule has 2 fully saturated rings. The molecule has 190 valence electrons. The molecule has 0 spiro atoms. The first-order chi connectivity index (χ1) is 18.0. The minimum atomic E-state index is -0.159. The van der Waals surface area contributed by atoms with Gasteiger partial charge in [0.2, 0.25) is 23.5 Å². The molecule has 2 aliphatic heterocycles. The Bertz CT molecular complexity index is 1480. The first kappa shape index (κ1) is 23.3. The molecule has 37 heavy (non-hydrogen) atoms. The summed E-state index contributed by atoms with van der Waals surface area (Å²) in [5.74, 6) is 0.965. The molecule has 0 N–H and O–H groups in total. The number of anilines is 1. The Balaban J connectivity index is 1.15. The summed E-state index contributed by atoms with van der Waals surface area (Å²) in [5.41, 5.74) is 5.56. The van der Waals surface area contributed by atoms with Crippen molar-refractivity contribution in [1.29, 1.82) is 0 Å². The Morgan fingerprint density at radius 2 is 1.92 bits per heavy atom. The van der Waals surface area contributed by atoms with Gasteiger partial charge in [0.15, 0.2) is 0 Å². The molecule has 10 heteroatoms. The third kappa shape index (κ3) is 4.47. The normalized spacial score (nSPS) is 17.9. The molecule has 0 saturated carbocycles. The summed E-state index contributed by atoms with van der Waals surface area (Å²) in [6.45, 7) is 6.81. The number of aromatic nitrogens is 5. The first-order valence-electron chi connectivity index (χ1n) is 12.8. The molecule has 1 atom stereocenters. The van der Waals surface area contributed by atoms with E-state index in [0.29, 0.717) is 43.2 Å². The maximum Gasteiger partial charge on any atom is 0.232 e. The Hall–Kier alpha value is -4.08. The molecular weight excluding hydrogens is 470 g/mol. The van der Waals surface area contributed by atoms with Crippen LogP contribution in [0.25, 0.3) is 22.4 Å². The fraction of sp³-hybridized carbons (Fsp3) is 0.407. The van der Waals surface area contributed by atoms with Crippen molar-refractivity contribution in [2.75, 3.05) is 24.5 Å². The van der Waals surface area contributed by atoms with E-state index in [1.54, 1.807) is 9.58 Å². The van der Waals surface area contributed by atoms with E-state index in [0.717, 1.165) is 48.3 Å². The van der Waals surface area contributed by atoms with Gasteiger partial charge in [0.1, 0.15) is 5.52 Å². The average molecular weight is 500 g/mol. The van der Waals surface area contributed by atoms with Crippen molar-refractivity contribution in [2.45, 2.75) is 52.0 Å². The van der Waals surface area contributed by atoms with Crippen molar-refractivity contribution in [2.24, 2.45) is 0 Å². The number of rotatable bonds is 6. The van der Waals surface area contributed by atoms with Gasteiger partial charge in [-0.3, -0.25) is 9.59 Å². The lowest BCUT2D eigenvalue weighted by Crippen LogP contribution is -2.28. The van der Waals surface area contributed by atoms with Crippen LogP contribution in [0.5, 0.6) is 0 Å². The zero-order valence-corrected chi connectivity index (χ0v) is 21.1. The summed E-state index contributed by atoms with van der Waals surface area (Å²) in [6.07, 6.45) is 2.91. The fourth-order valence-corrected chi connectivity index (χ4v) is 5.14. The van der Waals surface area contributed by atoms with Crippen molar-refractivity contribution in [3.63, 3.8) is 0 Å². The van der Waals surface area contributed by atoms with Gasteiger partial charge in [-0.1, -0.05) is 16.4 Å². The number of amides is 2. The monoisotopic (exact) mass is 499 g/mol.